The first-order chi connectivity index (χ1) is 13.6. The molecule has 0 radical (unpaired) electrons. The lowest BCUT2D eigenvalue weighted by Gasteiger charge is -2.17. The van der Waals surface area contributed by atoms with Crippen molar-refractivity contribution in [3.05, 3.63) is 70.9 Å². The smallest absolute Gasteiger partial charge is 0.225 e. The predicted octanol–water partition coefficient (Wildman–Crippen LogP) is 3.53. The number of amides is 2. The zero-order chi connectivity index (χ0) is 19.5. The number of nitrogens with zero attached hydrogens (tertiary/aromatic N) is 1. The summed E-state index contributed by atoms with van der Waals surface area (Å²) in [5.41, 5.74) is 3.18. The van der Waals surface area contributed by atoms with E-state index in [-0.39, 0.29) is 24.2 Å². The largest absolute Gasteiger partial charge is 0.361 e. The average Bonchev–Trinajstić information content (AvgIpc) is 3.28. The van der Waals surface area contributed by atoms with Gasteiger partial charge in [-0.3, -0.25) is 9.59 Å². The second-order valence-electron chi connectivity index (χ2n) is 7.17. The molecule has 0 spiro atoms. The van der Waals surface area contributed by atoms with Crippen LogP contribution in [-0.4, -0.2) is 34.8 Å². The van der Waals surface area contributed by atoms with Gasteiger partial charge in [0, 0.05) is 48.2 Å². The van der Waals surface area contributed by atoms with E-state index in [2.05, 4.69) is 16.4 Å². The van der Waals surface area contributed by atoms with Crippen molar-refractivity contribution in [2.75, 3.05) is 13.1 Å². The third kappa shape index (κ3) is 3.90. The van der Waals surface area contributed by atoms with Gasteiger partial charge >= 0.3 is 0 Å². The molecule has 4 rings (SSSR count). The highest BCUT2D eigenvalue weighted by Crippen LogP contribution is 2.24. The van der Waals surface area contributed by atoms with E-state index >= 15 is 0 Å². The van der Waals surface area contributed by atoms with Gasteiger partial charge in [-0.05, 0) is 29.7 Å². The summed E-state index contributed by atoms with van der Waals surface area (Å²) >= 11 is 6.19. The van der Waals surface area contributed by atoms with E-state index in [1.165, 1.54) is 10.9 Å². The van der Waals surface area contributed by atoms with Gasteiger partial charge in [0.05, 0.1) is 5.92 Å². The predicted molar refractivity (Wildman–Crippen MR) is 110 cm³/mol. The molecule has 2 amide bonds. The topological polar surface area (TPSA) is 65.2 Å². The molecule has 5 nitrogen and oxygen atoms in total. The molecule has 1 atom stereocenters. The molecule has 1 fully saturated rings. The first kappa shape index (κ1) is 18.6. The summed E-state index contributed by atoms with van der Waals surface area (Å²) < 4.78 is 0. The number of H-pyrrole nitrogens is 1. The van der Waals surface area contributed by atoms with Crippen LogP contribution in [0.5, 0.6) is 0 Å². The molecule has 2 N–H and O–H groups in total. The normalized spacial score (nSPS) is 16.7. The van der Waals surface area contributed by atoms with Crippen LogP contribution in [0.1, 0.15) is 17.5 Å². The Morgan fingerprint density at radius 2 is 1.93 bits per heavy atom. The van der Waals surface area contributed by atoms with Gasteiger partial charge in [0.1, 0.15) is 0 Å². The zero-order valence-corrected chi connectivity index (χ0v) is 16.2. The number of carbonyl (C=O) groups excluding carboxylic acids is 2. The number of benzene rings is 2. The number of rotatable bonds is 6. The quantitative estimate of drug-likeness (QED) is 0.670. The lowest BCUT2D eigenvalue weighted by molar-refractivity contribution is -0.129. The molecule has 1 unspecified atom stereocenters. The van der Waals surface area contributed by atoms with Crippen LogP contribution in [0, 0.1) is 5.92 Å². The highest BCUT2D eigenvalue weighted by atomic mass is 35.5. The number of halogens is 1. The van der Waals surface area contributed by atoms with Crippen LogP contribution in [0.15, 0.2) is 54.7 Å². The van der Waals surface area contributed by atoms with Crippen molar-refractivity contribution in [2.24, 2.45) is 5.92 Å². The summed E-state index contributed by atoms with van der Waals surface area (Å²) in [5, 5.41) is 4.81. The monoisotopic (exact) mass is 395 g/mol. The van der Waals surface area contributed by atoms with Crippen LogP contribution in [0.2, 0.25) is 5.02 Å². The van der Waals surface area contributed by atoms with Crippen molar-refractivity contribution in [3.63, 3.8) is 0 Å². The van der Waals surface area contributed by atoms with E-state index in [4.69, 9.17) is 11.6 Å². The summed E-state index contributed by atoms with van der Waals surface area (Å²) in [6.07, 6.45) is 2.99. The number of aromatic amines is 1. The molecule has 1 aliphatic rings. The van der Waals surface area contributed by atoms with Crippen molar-refractivity contribution in [1.82, 2.24) is 15.2 Å². The molecule has 1 aromatic heterocycles. The lowest BCUT2D eigenvalue weighted by atomic mass is 10.1. The molecule has 3 aromatic rings. The standard InChI is InChI=1S/C22H22ClN3O2/c23-19-7-3-1-5-16(19)13-26-14-17(11-21(26)27)22(28)24-10-9-15-12-25-20-8-4-2-6-18(15)20/h1-8,12,17,25H,9-11,13-14H2,(H,24,28). The number of carbonyl (C=O) groups is 2. The van der Waals surface area contributed by atoms with E-state index in [0.717, 1.165) is 17.5 Å². The molecule has 28 heavy (non-hydrogen) atoms. The minimum absolute atomic E-state index is 0.00306. The van der Waals surface area contributed by atoms with E-state index < -0.39 is 0 Å². The number of hydrogen-bond acceptors (Lipinski definition) is 2. The molecule has 1 aliphatic heterocycles. The fraction of sp³-hybridized carbons (Fsp3) is 0.273. The average molecular weight is 396 g/mol. The third-order valence-electron chi connectivity index (χ3n) is 5.27. The second kappa shape index (κ2) is 8.07. The van der Waals surface area contributed by atoms with E-state index in [9.17, 15) is 9.59 Å². The van der Waals surface area contributed by atoms with Gasteiger partial charge < -0.3 is 15.2 Å². The fourth-order valence-electron chi connectivity index (χ4n) is 3.74. The van der Waals surface area contributed by atoms with Gasteiger partial charge in [0.2, 0.25) is 11.8 Å². The van der Waals surface area contributed by atoms with Crippen LogP contribution >= 0.6 is 11.6 Å². The van der Waals surface area contributed by atoms with Gasteiger partial charge in [-0.15, -0.1) is 0 Å². The third-order valence-corrected chi connectivity index (χ3v) is 5.64. The number of fused-ring (bicyclic) bond motifs is 1. The molecule has 0 saturated carbocycles. The first-order valence-corrected chi connectivity index (χ1v) is 9.83. The minimum atomic E-state index is -0.307. The van der Waals surface area contributed by atoms with Crippen molar-refractivity contribution in [3.8, 4) is 0 Å². The van der Waals surface area contributed by atoms with Gasteiger partial charge in [0.15, 0.2) is 0 Å². The molecule has 1 saturated heterocycles. The van der Waals surface area contributed by atoms with Crippen molar-refractivity contribution < 1.29 is 9.59 Å². The molecular weight excluding hydrogens is 374 g/mol. The maximum Gasteiger partial charge on any atom is 0.225 e. The number of nitrogens with one attached hydrogen (secondary N) is 2. The summed E-state index contributed by atoms with van der Waals surface area (Å²) in [6.45, 7) is 1.43. The lowest BCUT2D eigenvalue weighted by Crippen LogP contribution is -2.34. The zero-order valence-electron chi connectivity index (χ0n) is 15.5. The Labute approximate surface area is 168 Å². The molecule has 2 heterocycles. The Bertz CT molecular complexity index is 1010. The first-order valence-electron chi connectivity index (χ1n) is 9.45. The second-order valence-corrected chi connectivity index (χ2v) is 7.57. The van der Waals surface area contributed by atoms with Crippen LogP contribution in [0.4, 0.5) is 0 Å². The van der Waals surface area contributed by atoms with Crippen LogP contribution < -0.4 is 5.32 Å². The van der Waals surface area contributed by atoms with Crippen molar-refractivity contribution in [2.45, 2.75) is 19.4 Å². The molecule has 2 aromatic carbocycles. The molecule has 0 aliphatic carbocycles. The SMILES string of the molecule is O=C(NCCc1c[nH]c2ccccc12)C1CC(=O)N(Cc2ccccc2Cl)C1. The summed E-state index contributed by atoms with van der Waals surface area (Å²) in [5.74, 6) is -0.371. The van der Waals surface area contributed by atoms with Gasteiger partial charge in [-0.25, -0.2) is 0 Å². The number of para-hydroxylation sites is 1. The number of hydrogen-bond donors (Lipinski definition) is 2. The fourth-order valence-corrected chi connectivity index (χ4v) is 3.93. The van der Waals surface area contributed by atoms with Crippen LogP contribution in [0.3, 0.4) is 0 Å². The van der Waals surface area contributed by atoms with Crippen molar-refractivity contribution in [1.29, 1.82) is 0 Å². The Kier molecular flexibility index (Phi) is 5.35. The molecule has 0 bridgehead atoms. The maximum atomic E-state index is 12.5. The summed E-state index contributed by atoms with van der Waals surface area (Å²) in [4.78, 5) is 29.8. The van der Waals surface area contributed by atoms with E-state index in [1.54, 1.807) is 4.90 Å². The molecule has 144 valence electrons. The Morgan fingerprint density at radius 1 is 1.14 bits per heavy atom. The molecular formula is C22H22ClN3O2. The van der Waals surface area contributed by atoms with Crippen LogP contribution in [0.25, 0.3) is 10.9 Å². The Hall–Kier alpha value is -2.79. The van der Waals surface area contributed by atoms with E-state index in [0.29, 0.717) is 24.7 Å². The minimum Gasteiger partial charge on any atom is -0.361 e. The maximum absolute atomic E-state index is 12.5. The highest BCUT2D eigenvalue weighted by Gasteiger charge is 2.34. The number of likely N-dealkylation sites (tertiary alicyclic amines) is 1. The summed E-state index contributed by atoms with van der Waals surface area (Å²) in [7, 11) is 0. The van der Waals surface area contributed by atoms with Crippen molar-refractivity contribution >= 4 is 34.3 Å². The van der Waals surface area contributed by atoms with Gasteiger partial charge in [-0.1, -0.05) is 48.0 Å². The highest BCUT2D eigenvalue weighted by molar-refractivity contribution is 6.31. The van der Waals surface area contributed by atoms with Crippen LogP contribution in [-0.2, 0) is 22.6 Å². The Morgan fingerprint density at radius 3 is 2.79 bits per heavy atom. The van der Waals surface area contributed by atoms with Gasteiger partial charge in [-0.2, -0.15) is 0 Å². The van der Waals surface area contributed by atoms with E-state index in [1.807, 2.05) is 48.7 Å². The molecule has 6 heteroatoms. The summed E-state index contributed by atoms with van der Waals surface area (Å²) in [6, 6.07) is 15.6. The number of aromatic nitrogens is 1. The van der Waals surface area contributed by atoms with Gasteiger partial charge in [0.25, 0.3) is 0 Å². The Balaban J connectivity index is 1.30.